The predicted octanol–water partition coefficient (Wildman–Crippen LogP) is 4.14. The molecule has 2 aliphatic rings. The molecule has 3 heterocycles. The summed E-state index contributed by atoms with van der Waals surface area (Å²) in [5, 5.41) is 4.10. The Morgan fingerprint density at radius 3 is 2.39 bits per heavy atom. The fraction of sp³-hybridized carbons (Fsp3) is 0.654. The topological polar surface area (TPSA) is 71.7 Å². The van der Waals surface area contributed by atoms with Gasteiger partial charge in [-0.3, -0.25) is 9.69 Å². The summed E-state index contributed by atoms with van der Waals surface area (Å²) >= 11 is 0. The zero-order valence-electron chi connectivity index (χ0n) is 20.5. The molecule has 7 nitrogen and oxygen atoms in total. The van der Waals surface area contributed by atoms with Gasteiger partial charge in [-0.25, -0.2) is 0 Å². The molecular formula is C26H38N4O3. The molecule has 7 heteroatoms. The van der Waals surface area contributed by atoms with Crippen molar-refractivity contribution in [2.45, 2.75) is 71.5 Å². The summed E-state index contributed by atoms with van der Waals surface area (Å²) in [5.74, 6) is 2.44. The molecule has 2 saturated heterocycles. The molecule has 2 atom stereocenters. The zero-order chi connectivity index (χ0) is 23.4. The maximum absolute atomic E-state index is 12.7. The minimum atomic E-state index is 0.183. The van der Waals surface area contributed by atoms with Crippen molar-refractivity contribution in [3.63, 3.8) is 0 Å². The van der Waals surface area contributed by atoms with Crippen LogP contribution in [0.25, 0.3) is 11.4 Å². The van der Waals surface area contributed by atoms with Gasteiger partial charge in [-0.15, -0.1) is 0 Å². The largest absolute Gasteiger partial charge is 0.373 e. The maximum Gasteiger partial charge on any atom is 0.227 e. The second kappa shape index (κ2) is 10.8. The quantitative estimate of drug-likeness (QED) is 0.626. The Labute approximate surface area is 197 Å². The van der Waals surface area contributed by atoms with Crippen molar-refractivity contribution < 1.29 is 14.1 Å². The molecule has 2 aliphatic heterocycles. The molecule has 2 unspecified atom stereocenters. The average Bonchev–Trinajstić information content (AvgIpc) is 3.26. The summed E-state index contributed by atoms with van der Waals surface area (Å²) in [7, 11) is 0. The highest BCUT2D eigenvalue weighted by Gasteiger charge is 2.28. The van der Waals surface area contributed by atoms with E-state index >= 15 is 0 Å². The molecule has 4 rings (SSSR count). The monoisotopic (exact) mass is 454 g/mol. The summed E-state index contributed by atoms with van der Waals surface area (Å²) in [4.78, 5) is 21.8. The van der Waals surface area contributed by atoms with Crippen LogP contribution in [0.2, 0.25) is 0 Å². The van der Waals surface area contributed by atoms with Gasteiger partial charge < -0.3 is 14.2 Å². The lowest BCUT2D eigenvalue weighted by molar-refractivity contribution is -0.132. The van der Waals surface area contributed by atoms with Crippen LogP contribution in [0.15, 0.2) is 28.8 Å². The van der Waals surface area contributed by atoms with Crippen molar-refractivity contribution >= 4 is 5.91 Å². The predicted molar refractivity (Wildman–Crippen MR) is 128 cm³/mol. The van der Waals surface area contributed by atoms with E-state index in [4.69, 9.17) is 9.26 Å². The van der Waals surface area contributed by atoms with E-state index in [-0.39, 0.29) is 5.91 Å². The third kappa shape index (κ3) is 6.42. The van der Waals surface area contributed by atoms with Gasteiger partial charge in [0, 0.05) is 51.1 Å². The summed E-state index contributed by atoms with van der Waals surface area (Å²) in [6.45, 7) is 13.5. The Balaban J connectivity index is 1.21. The van der Waals surface area contributed by atoms with Crippen LogP contribution >= 0.6 is 0 Å². The van der Waals surface area contributed by atoms with Crippen molar-refractivity contribution in [3.8, 4) is 11.4 Å². The molecule has 1 aromatic heterocycles. The van der Waals surface area contributed by atoms with Crippen LogP contribution in [0.4, 0.5) is 0 Å². The third-order valence-electron chi connectivity index (χ3n) is 6.84. The van der Waals surface area contributed by atoms with Crippen LogP contribution in [0, 0.1) is 5.92 Å². The smallest absolute Gasteiger partial charge is 0.227 e. The zero-order valence-corrected chi connectivity index (χ0v) is 20.5. The lowest BCUT2D eigenvalue weighted by Gasteiger charge is -2.39. The van der Waals surface area contributed by atoms with Crippen molar-refractivity contribution in [1.82, 2.24) is 19.9 Å². The minimum absolute atomic E-state index is 0.183. The second-order valence-electron chi connectivity index (χ2n) is 10.1. The van der Waals surface area contributed by atoms with Crippen molar-refractivity contribution in [2.24, 2.45) is 5.92 Å². The summed E-state index contributed by atoms with van der Waals surface area (Å²) in [6.07, 6.45) is 3.66. The van der Waals surface area contributed by atoms with Gasteiger partial charge >= 0.3 is 0 Å². The number of likely N-dealkylation sites (tertiary alicyclic amines) is 1. The molecule has 33 heavy (non-hydrogen) atoms. The van der Waals surface area contributed by atoms with Crippen LogP contribution in [0.5, 0.6) is 0 Å². The van der Waals surface area contributed by atoms with E-state index in [9.17, 15) is 4.79 Å². The van der Waals surface area contributed by atoms with Gasteiger partial charge in [0.25, 0.3) is 0 Å². The molecule has 0 bridgehead atoms. The number of nitrogens with zero attached hydrogens (tertiary/aromatic N) is 4. The van der Waals surface area contributed by atoms with Gasteiger partial charge in [0.2, 0.25) is 17.6 Å². The standard InChI is InChI=1S/C26H38N4O3/c1-18(2)22-5-7-23(8-6-22)26-27-24(33-28-26)9-10-25(31)30-13-11-21(12-14-30)17-29-15-19(3)32-20(4)16-29/h5-8,18-21H,9-17H2,1-4H3. The van der Waals surface area contributed by atoms with Gasteiger partial charge in [0.05, 0.1) is 12.2 Å². The first kappa shape index (κ1) is 23.9. The van der Waals surface area contributed by atoms with E-state index in [1.54, 1.807) is 0 Å². The molecule has 1 amide bonds. The number of carbonyl (C=O) groups excluding carboxylic acids is 1. The van der Waals surface area contributed by atoms with Crippen LogP contribution in [-0.2, 0) is 16.0 Å². The summed E-state index contributed by atoms with van der Waals surface area (Å²) < 4.78 is 11.3. The number of amides is 1. The van der Waals surface area contributed by atoms with Crippen LogP contribution in [0.1, 0.15) is 64.3 Å². The minimum Gasteiger partial charge on any atom is -0.373 e. The lowest BCUT2D eigenvalue weighted by Crippen LogP contribution is -2.48. The summed E-state index contributed by atoms with van der Waals surface area (Å²) in [5.41, 5.74) is 2.22. The first-order chi connectivity index (χ1) is 15.9. The number of aryl methyl sites for hydroxylation is 1. The highest BCUT2D eigenvalue weighted by Crippen LogP contribution is 2.23. The van der Waals surface area contributed by atoms with E-state index in [0.29, 0.717) is 48.6 Å². The molecule has 2 aromatic rings. The normalized spacial score (nSPS) is 22.8. The molecule has 2 fully saturated rings. The highest BCUT2D eigenvalue weighted by molar-refractivity contribution is 5.76. The van der Waals surface area contributed by atoms with Crippen molar-refractivity contribution in [3.05, 3.63) is 35.7 Å². The molecule has 180 valence electrons. The van der Waals surface area contributed by atoms with E-state index in [0.717, 1.165) is 51.1 Å². The number of rotatable bonds is 7. The molecule has 0 saturated carbocycles. The van der Waals surface area contributed by atoms with E-state index in [1.165, 1.54) is 5.56 Å². The first-order valence-corrected chi connectivity index (χ1v) is 12.5. The second-order valence-corrected chi connectivity index (χ2v) is 10.1. The van der Waals surface area contributed by atoms with Gasteiger partial charge in [0.1, 0.15) is 0 Å². The number of hydrogen-bond acceptors (Lipinski definition) is 6. The number of benzene rings is 1. The molecule has 0 N–H and O–H groups in total. The number of aromatic nitrogens is 2. The van der Waals surface area contributed by atoms with Crippen LogP contribution < -0.4 is 0 Å². The summed E-state index contributed by atoms with van der Waals surface area (Å²) in [6, 6.07) is 8.25. The molecule has 0 spiro atoms. The van der Waals surface area contributed by atoms with E-state index in [1.807, 2.05) is 17.0 Å². The SMILES string of the molecule is CC1CN(CC2CCN(C(=O)CCc3nc(-c4ccc(C(C)C)cc4)no3)CC2)CC(C)O1. The van der Waals surface area contributed by atoms with Crippen LogP contribution in [0.3, 0.4) is 0 Å². The number of hydrogen-bond donors (Lipinski definition) is 0. The van der Waals surface area contributed by atoms with Crippen molar-refractivity contribution in [1.29, 1.82) is 0 Å². The fourth-order valence-electron chi connectivity index (χ4n) is 5.03. The van der Waals surface area contributed by atoms with E-state index < -0.39 is 0 Å². The Hall–Kier alpha value is -2.25. The Morgan fingerprint density at radius 1 is 1.09 bits per heavy atom. The van der Waals surface area contributed by atoms with Crippen LogP contribution in [-0.4, -0.2) is 70.8 Å². The molecular weight excluding hydrogens is 416 g/mol. The van der Waals surface area contributed by atoms with Gasteiger partial charge in [-0.1, -0.05) is 43.3 Å². The molecule has 0 aliphatic carbocycles. The number of piperidine rings is 1. The Kier molecular flexibility index (Phi) is 7.81. The molecule has 0 radical (unpaired) electrons. The number of carbonyl (C=O) groups is 1. The Bertz CT molecular complexity index is 893. The van der Waals surface area contributed by atoms with E-state index in [2.05, 4.69) is 54.9 Å². The Morgan fingerprint density at radius 2 is 1.76 bits per heavy atom. The van der Waals surface area contributed by atoms with Gasteiger partial charge in [-0.05, 0) is 44.1 Å². The third-order valence-corrected chi connectivity index (χ3v) is 6.84. The van der Waals surface area contributed by atoms with Gasteiger partial charge in [0.15, 0.2) is 0 Å². The fourth-order valence-corrected chi connectivity index (χ4v) is 5.03. The van der Waals surface area contributed by atoms with Gasteiger partial charge in [-0.2, -0.15) is 4.98 Å². The maximum atomic E-state index is 12.7. The number of ether oxygens (including phenoxy) is 1. The highest BCUT2D eigenvalue weighted by atomic mass is 16.5. The lowest BCUT2D eigenvalue weighted by atomic mass is 9.95. The number of morpholine rings is 1. The first-order valence-electron chi connectivity index (χ1n) is 12.5. The average molecular weight is 455 g/mol. The molecule has 1 aromatic carbocycles. The van der Waals surface area contributed by atoms with Crippen molar-refractivity contribution in [2.75, 3.05) is 32.7 Å².